The minimum absolute atomic E-state index is 0.129. The van der Waals surface area contributed by atoms with Gasteiger partial charge in [0.25, 0.3) is 0 Å². The Bertz CT molecular complexity index is 714. The van der Waals surface area contributed by atoms with Crippen molar-refractivity contribution in [3.05, 3.63) is 54.1 Å². The zero-order valence-corrected chi connectivity index (χ0v) is 16.3. The Kier molecular flexibility index (Phi) is 5.80. The van der Waals surface area contributed by atoms with E-state index >= 15 is 0 Å². The molecule has 1 aromatic heterocycles. The van der Waals surface area contributed by atoms with Crippen LogP contribution in [-0.4, -0.2) is 34.0 Å². The molecular formula is C22H31N3O. The van der Waals surface area contributed by atoms with Crippen LogP contribution in [-0.2, 0) is 16.8 Å². The number of carbonyl (C=O) groups is 1. The van der Waals surface area contributed by atoms with Crippen molar-refractivity contribution in [2.45, 2.75) is 63.8 Å². The fourth-order valence-corrected chi connectivity index (χ4v) is 4.34. The van der Waals surface area contributed by atoms with Gasteiger partial charge in [-0.1, -0.05) is 57.0 Å². The highest BCUT2D eigenvalue weighted by Crippen LogP contribution is 2.41. The minimum atomic E-state index is 0.129. The van der Waals surface area contributed by atoms with Crippen LogP contribution >= 0.6 is 0 Å². The van der Waals surface area contributed by atoms with Crippen LogP contribution in [0.15, 0.2) is 42.7 Å². The molecule has 3 rings (SSSR count). The summed E-state index contributed by atoms with van der Waals surface area (Å²) in [5.41, 5.74) is 1.51. The van der Waals surface area contributed by atoms with Crippen LogP contribution in [0.25, 0.3) is 0 Å². The van der Waals surface area contributed by atoms with Crippen LogP contribution in [0.5, 0.6) is 0 Å². The second kappa shape index (κ2) is 8.07. The molecule has 0 saturated heterocycles. The molecule has 0 bridgehead atoms. The molecule has 2 aromatic rings. The van der Waals surface area contributed by atoms with Crippen molar-refractivity contribution >= 4 is 5.91 Å². The first-order valence-corrected chi connectivity index (χ1v) is 9.82. The van der Waals surface area contributed by atoms with Gasteiger partial charge in [-0.15, -0.1) is 0 Å². The Labute approximate surface area is 157 Å². The Morgan fingerprint density at radius 1 is 1.23 bits per heavy atom. The van der Waals surface area contributed by atoms with E-state index in [0.29, 0.717) is 18.9 Å². The maximum absolute atomic E-state index is 12.8. The number of aromatic nitrogens is 2. The van der Waals surface area contributed by atoms with Crippen molar-refractivity contribution in [3.63, 3.8) is 0 Å². The number of nitrogens with zero attached hydrogens (tertiary/aromatic N) is 3. The van der Waals surface area contributed by atoms with Gasteiger partial charge in [-0.2, -0.15) is 0 Å². The average Bonchev–Trinajstić information content (AvgIpc) is 3.30. The number of imidazole rings is 1. The van der Waals surface area contributed by atoms with E-state index < -0.39 is 0 Å². The van der Waals surface area contributed by atoms with E-state index in [0.717, 1.165) is 12.4 Å². The van der Waals surface area contributed by atoms with Crippen LogP contribution in [0.3, 0.4) is 0 Å². The number of hydrogen-bond donors (Lipinski definition) is 0. The summed E-state index contributed by atoms with van der Waals surface area (Å²) in [7, 11) is 1.96. The summed E-state index contributed by atoms with van der Waals surface area (Å²) in [4.78, 5) is 19.1. The number of likely N-dealkylation sites (N-methyl/N-ethyl adjacent to an activating group) is 1. The summed E-state index contributed by atoms with van der Waals surface area (Å²) in [6.45, 7) is 5.79. The smallest absolute Gasteiger partial charge is 0.224 e. The third-order valence-corrected chi connectivity index (χ3v) is 5.74. The van der Waals surface area contributed by atoms with Gasteiger partial charge in [0, 0.05) is 50.3 Å². The van der Waals surface area contributed by atoms with E-state index in [-0.39, 0.29) is 11.3 Å². The van der Waals surface area contributed by atoms with Gasteiger partial charge < -0.3 is 9.47 Å². The van der Waals surface area contributed by atoms with E-state index in [9.17, 15) is 4.79 Å². The predicted molar refractivity (Wildman–Crippen MR) is 105 cm³/mol. The van der Waals surface area contributed by atoms with Crippen molar-refractivity contribution in [1.29, 1.82) is 0 Å². The molecule has 26 heavy (non-hydrogen) atoms. The maximum Gasteiger partial charge on any atom is 0.224 e. The SMILES string of the molecule is CC(C)c1nccn1CCC(=O)N(C)CC1(c2ccccc2)CCCC1. The molecule has 1 amide bonds. The molecule has 4 heteroatoms. The molecule has 1 aromatic carbocycles. The monoisotopic (exact) mass is 353 g/mol. The third kappa shape index (κ3) is 4.00. The summed E-state index contributed by atoms with van der Waals surface area (Å²) < 4.78 is 2.11. The van der Waals surface area contributed by atoms with Crippen LogP contribution in [0.2, 0.25) is 0 Å². The maximum atomic E-state index is 12.8. The number of hydrogen-bond acceptors (Lipinski definition) is 2. The van der Waals surface area contributed by atoms with Gasteiger partial charge in [-0.25, -0.2) is 4.98 Å². The minimum Gasteiger partial charge on any atom is -0.345 e. The molecule has 1 aliphatic carbocycles. The second-order valence-corrected chi connectivity index (χ2v) is 7.99. The molecule has 0 N–H and O–H groups in total. The van der Waals surface area contributed by atoms with Gasteiger partial charge in [-0.05, 0) is 18.4 Å². The van der Waals surface area contributed by atoms with Crippen molar-refractivity contribution in [3.8, 4) is 0 Å². The van der Waals surface area contributed by atoms with Gasteiger partial charge in [0.1, 0.15) is 5.82 Å². The number of carbonyl (C=O) groups excluding carboxylic acids is 1. The van der Waals surface area contributed by atoms with E-state index in [2.05, 4.69) is 53.7 Å². The molecule has 140 valence electrons. The molecule has 0 aliphatic heterocycles. The Morgan fingerprint density at radius 2 is 1.92 bits per heavy atom. The number of rotatable bonds is 7. The fourth-order valence-electron chi connectivity index (χ4n) is 4.34. The summed E-state index contributed by atoms with van der Waals surface area (Å²) in [5.74, 6) is 1.64. The summed E-state index contributed by atoms with van der Waals surface area (Å²) in [6, 6.07) is 10.7. The van der Waals surface area contributed by atoms with Crippen LogP contribution in [0.4, 0.5) is 0 Å². The lowest BCUT2D eigenvalue weighted by molar-refractivity contribution is -0.131. The number of amides is 1. The number of benzene rings is 1. The van der Waals surface area contributed by atoms with Gasteiger partial charge in [-0.3, -0.25) is 4.79 Å². The summed E-state index contributed by atoms with van der Waals surface area (Å²) in [5, 5.41) is 0. The highest BCUT2D eigenvalue weighted by molar-refractivity contribution is 5.76. The molecule has 0 unspecified atom stereocenters. The van der Waals surface area contributed by atoms with Gasteiger partial charge in [0.15, 0.2) is 0 Å². The lowest BCUT2D eigenvalue weighted by atomic mass is 9.78. The Morgan fingerprint density at radius 3 is 2.58 bits per heavy atom. The number of aryl methyl sites for hydroxylation is 1. The quantitative estimate of drug-likeness (QED) is 0.741. The van der Waals surface area contributed by atoms with E-state index in [1.54, 1.807) is 0 Å². The largest absolute Gasteiger partial charge is 0.345 e. The molecule has 0 spiro atoms. The van der Waals surface area contributed by atoms with Crippen LogP contribution < -0.4 is 0 Å². The molecule has 1 saturated carbocycles. The Balaban J connectivity index is 1.63. The normalized spacial score (nSPS) is 16.2. The molecule has 4 nitrogen and oxygen atoms in total. The second-order valence-electron chi connectivity index (χ2n) is 7.99. The zero-order valence-electron chi connectivity index (χ0n) is 16.3. The highest BCUT2D eigenvalue weighted by Gasteiger charge is 2.37. The fraction of sp³-hybridized carbons (Fsp3) is 0.545. The van der Waals surface area contributed by atoms with Crippen molar-refractivity contribution < 1.29 is 4.79 Å². The van der Waals surface area contributed by atoms with Gasteiger partial charge >= 0.3 is 0 Å². The van der Waals surface area contributed by atoms with Crippen molar-refractivity contribution in [1.82, 2.24) is 14.5 Å². The topological polar surface area (TPSA) is 38.1 Å². The predicted octanol–water partition coefficient (Wildman–Crippen LogP) is 4.37. The zero-order chi connectivity index (χ0) is 18.6. The molecule has 1 heterocycles. The molecule has 1 fully saturated rings. The van der Waals surface area contributed by atoms with E-state index in [1.807, 2.05) is 24.3 Å². The molecule has 1 aliphatic rings. The van der Waals surface area contributed by atoms with E-state index in [1.165, 1.54) is 31.2 Å². The van der Waals surface area contributed by atoms with Gasteiger partial charge in [0.05, 0.1) is 0 Å². The lowest BCUT2D eigenvalue weighted by Gasteiger charge is -2.34. The molecule has 0 atom stereocenters. The highest BCUT2D eigenvalue weighted by atomic mass is 16.2. The van der Waals surface area contributed by atoms with Crippen molar-refractivity contribution in [2.24, 2.45) is 0 Å². The van der Waals surface area contributed by atoms with Crippen LogP contribution in [0.1, 0.15) is 63.3 Å². The molecule has 0 radical (unpaired) electrons. The average molecular weight is 354 g/mol. The van der Waals surface area contributed by atoms with E-state index in [4.69, 9.17) is 0 Å². The Hall–Kier alpha value is -2.10. The third-order valence-electron chi connectivity index (χ3n) is 5.74. The summed E-state index contributed by atoms with van der Waals surface area (Å²) in [6.07, 6.45) is 9.18. The molecular weight excluding hydrogens is 322 g/mol. The van der Waals surface area contributed by atoms with Crippen LogP contribution in [0, 0.1) is 0 Å². The van der Waals surface area contributed by atoms with Crippen molar-refractivity contribution in [2.75, 3.05) is 13.6 Å². The van der Waals surface area contributed by atoms with Gasteiger partial charge in [0.2, 0.25) is 5.91 Å². The first-order chi connectivity index (χ1) is 12.5. The first-order valence-electron chi connectivity index (χ1n) is 9.82. The lowest BCUT2D eigenvalue weighted by Crippen LogP contribution is -2.40. The first kappa shape index (κ1) is 18.7. The summed E-state index contributed by atoms with van der Waals surface area (Å²) >= 11 is 0. The standard InChI is InChI=1S/C22H31N3O/c1-18(2)21-23-14-16-25(21)15-11-20(26)24(3)17-22(12-7-8-13-22)19-9-5-4-6-10-19/h4-6,9-10,14,16,18H,7-8,11-13,15,17H2,1-3H3.